The van der Waals surface area contributed by atoms with Gasteiger partial charge in [0.25, 0.3) is 0 Å². The van der Waals surface area contributed by atoms with Crippen LogP contribution >= 0.6 is 0 Å². The summed E-state index contributed by atoms with van der Waals surface area (Å²) in [7, 11) is 2.03. The summed E-state index contributed by atoms with van der Waals surface area (Å²) in [5, 5.41) is 7.83. The Morgan fingerprint density at radius 2 is 2.44 bits per heavy atom. The second-order valence-corrected chi connectivity index (χ2v) is 5.08. The standard InChI is InChI=1S/C12H20N4/c1-15-11(3-6-14-15)9-16-7-4-12-10(8-16)2-5-13-12/h3,6,10,12-13H,2,4-5,7-9H2,1H3. The van der Waals surface area contributed by atoms with Crippen LogP contribution < -0.4 is 5.32 Å². The zero-order chi connectivity index (χ0) is 11.0. The molecule has 2 aliphatic heterocycles. The van der Waals surface area contributed by atoms with E-state index in [-0.39, 0.29) is 0 Å². The number of aromatic nitrogens is 2. The van der Waals surface area contributed by atoms with Gasteiger partial charge in [0, 0.05) is 38.9 Å². The van der Waals surface area contributed by atoms with Crippen LogP contribution in [-0.2, 0) is 13.6 Å². The van der Waals surface area contributed by atoms with Gasteiger partial charge in [-0.1, -0.05) is 0 Å². The number of nitrogens with zero attached hydrogens (tertiary/aromatic N) is 3. The molecule has 1 aromatic heterocycles. The average Bonchev–Trinajstić information content (AvgIpc) is 2.88. The lowest BCUT2D eigenvalue weighted by molar-refractivity contribution is 0.153. The smallest absolute Gasteiger partial charge is 0.0521 e. The summed E-state index contributed by atoms with van der Waals surface area (Å²) in [5.41, 5.74) is 1.32. The van der Waals surface area contributed by atoms with Gasteiger partial charge >= 0.3 is 0 Å². The highest BCUT2D eigenvalue weighted by atomic mass is 15.3. The number of hydrogen-bond donors (Lipinski definition) is 1. The molecule has 2 saturated heterocycles. The molecule has 0 aromatic carbocycles. The summed E-state index contributed by atoms with van der Waals surface area (Å²) >= 11 is 0. The second-order valence-electron chi connectivity index (χ2n) is 5.08. The molecule has 2 aliphatic rings. The fraction of sp³-hybridized carbons (Fsp3) is 0.750. The zero-order valence-electron chi connectivity index (χ0n) is 9.89. The number of piperidine rings is 1. The van der Waals surface area contributed by atoms with Crippen molar-refractivity contribution in [2.75, 3.05) is 19.6 Å². The van der Waals surface area contributed by atoms with Gasteiger partial charge < -0.3 is 5.32 Å². The van der Waals surface area contributed by atoms with Crippen molar-refractivity contribution in [3.8, 4) is 0 Å². The van der Waals surface area contributed by atoms with E-state index in [0.717, 1.165) is 18.5 Å². The molecule has 0 amide bonds. The van der Waals surface area contributed by atoms with Gasteiger partial charge in [-0.25, -0.2) is 0 Å². The van der Waals surface area contributed by atoms with Gasteiger partial charge in [-0.3, -0.25) is 9.58 Å². The minimum Gasteiger partial charge on any atom is -0.314 e. The maximum atomic E-state index is 4.23. The van der Waals surface area contributed by atoms with Gasteiger partial charge in [0.2, 0.25) is 0 Å². The topological polar surface area (TPSA) is 33.1 Å². The van der Waals surface area contributed by atoms with Crippen LogP contribution in [0.5, 0.6) is 0 Å². The van der Waals surface area contributed by atoms with Crippen molar-refractivity contribution < 1.29 is 0 Å². The van der Waals surface area contributed by atoms with Gasteiger partial charge in [0.05, 0.1) is 5.69 Å². The Kier molecular flexibility index (Phi) is 2.69. The van der Waals surface area contributed by atoms with Gasteiger partial charge in [-0.2, -0.15) is 5.10 Å². The molecule has 0 aliphatic carbocycles. The molecule has 3 heterocycles. The predicted octanol–water partition coefficient (Wildman–Crippen LogP) is 0.604. The van der Waals surface area contributed by atoms with E-state index in [1.54, 1.807) is 0 Å². The summed E-state index contributed by atoms with van der Waals surface area (Å²) in [6.45, 7) is 4.75. The minimum absolute atomic E-state index is 0.794. The Hall–Kier alpha value is -0.870. The van der Waals surface area contributed by atoms with Crippen LogP contribution in [0.15, 0.2) is 12.3 Å². The van der Waals surface area contributed by atoms with Gasteiger partial charge in [-0.15, -0.1) is 0 Å². The molecule has 1 N–H and O–H groups in total. The quantitative estimate of drug-likeness (QED) is 0.792. The summed E-state index contributed by atoms with van der Waals surface area (Å²) in [4.78, 5) is 2.57. The van der Waals surface area contributed by atoms with E-state index in [1.807, 2.05) is 17.9 Å². The molecule has 0 bridgehead atoms. The lowest BCUT2D eigenvalue weighted by Crippen LogP contribution is -2.44. The first-order chi connectivity index (χ1) is 7.83. The van der Waals surface area contributed by atoms with Crippen molar-refractivity contribution >= 4 is 0 Å². The van der Waals surface area contributed by atoms with Crippen molar-refractivity contribution in [1.29, 1.82) is 0 Å². The van der Waals surface area contributed by atoms with Crippen molar-refractivity contribution in [3.05, 3.63) is 18.0 Å². The maximum Gasteiger partial charge on any atom is 0.0521 e. The van der Waals surface area contributed by atoms with Gasteiger partial charge in [0.15, 0.2) is 0 Å². The summed E-state index contributed by atoms with van der Waals surface area (Å²) < 4.78 is 1.99. The van der Waals surface area contributed by atoms with Gasteiger partial charge in [0.1, 0.15) is 0 Å². The van der Waals surface area contributed by atoms with E-state index in [9.17, 15) is 0 Å². The highest BCUT2D eigenvalue weighted by molar-refractivity contribution is 5.01. The molecule has 2 unspecified atom stereocenters. The van der Waals surface area contributed by atoms with E-state index >= 15 is 0 Å². The van der Waals surface area contributed by atoms with Crippen LogP contribution in [0.1, 0.15) is 18.5 Å². The molecule has 4 nitrogen and oxygen atoms in total. The SMILES string of the molecule is Cn1nccc1CN1CCC2NCCC2C1. The summed E-state index contributed by atoms with van der Waals surface area (Å²) in [5.74, 6) is 0.877. The monoisotopic (exact) mass is 220 g/mol. The number of nitrogens with one attached hydrogen (secondary N) is 1. The Balaban J connectivity index is 1.62. The molecule has 16 heavy (non-hydrogen) atoms. The van der Waals surface area contributed by atoms with Crippen LogP contribution in [-0.4, -0.2) is 40.4 Å². The van der Waals surface area contributed by atoms with Crippen LogP contribution in [0.2, 0.25) is 0 Å². The second kappa shape index (κ2) is 4.18. The highest BCUT2D eigenvalue weighted by Crippen LogP contribution is 2.25. The third-order valence-corrected chi connectivity index (χ3v) is 4.05. The van der Waals surface area contributed by atoms with Crippen molar-refractivity contribution in [2.24, 2.45) is 13.0 Å². The lowest BCUT2D eigenvalue weighted by atomic mass is 9.93. The molecule has 0 spiro atoms. The molecule has 1 aromatic rings. The molecule has 2 fully saturated rings. The molecule has 88 valence electrons. The third kappa shape index (κ3) is 1.87. The van der Waals surface area contributed by atoms with Crippen LogP contribution in [0.4, 0.5) is 0 Å². The van der Waals surface area contributed by atoms with E-state index < -0.39 is 0 Å². The molecular weight excluding hydrogens is 200 g/mol. The lowest BCUT2D eigenvalue weighted by Gasteiger charge is -2.34. The Morgan fingerprint density at radius 1 is 1.50 bits per heavy atom. The maximum absolute atomic E-state index is 4.23. The normalized spacial score (nSPS) is 30.6. The van der Waals surface area contributed by atoms with Crippen molar-refractivity contribution in [1.82, 2.24) is 20.0 Å². The van der Waals surface area contributed by atoms with E-state index in [4.69, 9.17) is 0 Å². The minimum atomic E-state index is 0.794. The van der Waals surface area contributed by atoms with Gasteiger partial charge in [-0.05, 0) is 31.4 Å². The molecule has 4 heteroatoms. The predicted molar refractivity (Wildman–Crippen MR) is 63.0 cm³/mol. The Morgan fingerprint density at radius 3 is 3.25 bits per heavy atom. The van der Waals surface area contributed by atoms with Crippen LogP contribution in [0.3, 0.4) is 0 Å². The summed E-state index contributed by atoms with van der Waals surface area (Å²) in [6, 6.07) is 2.92. The van der Waals surface area contributed by atoms with Crippen molar-refractivity contribution in [2.45, 2.75) is 25.4 Å². The first kappa shape index (κ1) is 10.3. The first-order valence-corrected chi connectivity index (χ1v) is 6.25. The molecular formula is C12H20N4. The average molecular weight is 220 g/mol. The number of hydrogen-bond acceptors (Lipinski definition) is 3. The summed E-state index contributed by atoms with van der Waals surface area (Å²) in [6.07, 6.45) is 4.55. The molecule has 0 radical (unpaired) electrons. The number of likely N-dealkylation sites (tertiary alicyclic amines) is 1. The first-order valence-electron chi connectivity index (χ1n) is 6.25. The fourth-order valence-electron chi connectivity index (χ4n) is 3.05. The molecule has 0 saturated carbocycles. The van der Waals surface area contributed by atoms with Crippen LogP contribution in [0.25, 0.3) is 0 Å². The zero-order valence-corrected chi connectivity index (χ0v) is 9.89. The molecule has 3 rings (SSSR count). The Labute approximate surface area is 96.6 Å². The fourth-order valence-corrected chi connectivity index (χ4v) is 3.05. The van der Waals surface area contributed by atoms with E-state index in [2.05, 4.69) is 21.4 Å². The van der Waals surface area contributed by atoms with Crippen molar-refractivity contribution in [3.63, 3.8) is 0 Å². The number of fused-ring (bicyclic) bond motifs is 1. The molecule has 2 atom stereocenters. The largest absolute Gasteiger partial charge is 0.314 e. The van der Waals surface area contributed by atoms with E-state index in [0.29, 0.717) is 0 Å². The number of rotatable bonds is 2. The highest BCUT2D eigenvalue weighted by Gasteiger charge is 2.32. The van der Waals surface area contributed by atoms with E-state index in [1.165, 1.54) is 38.2 Å². The third-order valence-electron chi connectivity index (χ3n) is 4.05. The number of aryl methyl sites for hydroxylation is 1. The Bertz CT molecular complexity index is 360. The van der Waals surface area contributed by atoms with Crippen LogP contribution in [0, 0.1) is 5.92 Å².